The molecule has 1 aromatic carbocycles. The van der Waals surface area contributed by atoms with E-state index in [1.165, 1.54) is 0 Å². The molecule has 1 aliphatic carbocycles. The van der Waals surface area contributed by atoms with Crippen molar-refractivity contribution in [3.63, 3.8) is 0 Å². The minimum Gasteiger partial charge on any atom is -0.482 e. The molecular formula is C18H20Cl2N2O2. The Morgan fingerprint density at radius 1 is 1.46 bits per heavy atom. The fourth-order valence-electron chi connectivity index (χ4n) is 2.32. The van der Waals surface area contributed by atoms with Crippen LogP contribution in [0.1, 0.15) is 26.7 Å². The number of benzene rings is 1. The zero-order chi connectivity index (χ0) is 17.7. The van der Waals surface area contributed by atoms with Crippen molar-refractivity contribution >= 4 is 34.8 Å². The van der Waals surface area contributed by atoms with Crippen molar-refractivity contribution in [2.75, 3.05) is 6.61 Å². The van der Waals surface area contributed by atoms with E-state index in [0.29, 0.717) is 21.7 Å². The first-order chi connectivity index (χ1) is 11.4. The number of rotatable bonds is 5. The molecule has 1 aliphatic rings. The summed E-state index contributed by atoms with van der Waals surface area (Å²) in [6.07, 6.45) is 3.87. The molecule has 1 amide bonds. The summed E-state index contributed by atoms with van der Waals surface area (Å²) < 4.78 is 5.38. The average molecular weight is 367 g/mol. The Labute approximate surface area is 152 Å². The minimum absolute atomic E-state index is 0.176. The topological polar surface area (TPSA) is 50.7 Å². The van der Waals surface area contributed by atoms with E-state index in [4.69, 9.17) is 27.9 Å². The number of hydrogen-bond acceptors (Lipinski definition) is 3. The van der Waals surface area contributed by atoms with E-state index >= 15 is 0 Å². The number of carbonyl (C=O) groups excluding carboxylic acids is 1. The highest BCUT2D eigenvalue weighted by Crippen LogP contribution is 2.28. The first-order valence-corrected chi connectivity index (χ1v) is 8.38. The van der Waals surface area contributed by atoms with E-state index in [1.807, 2.05) is 13.8 Å². The second-order valence-corrected chi connectivity index (χ2v) is 6.67. The Morgan fingerprint density at radius 3 is 2.88 bits per heavy atom. The van der Waals surface area contributed by atoms with Crippen LogP contribution in [0.2, 0.25) is 10.0 Å². The van der Waals surface area contributed by atoms with E-state index in [1.54, 1.807) is 18.2 Å². The van der Waals surface area contributed by atoms with Gasteiger partial charge in [-0.25, -0.2) is 5.43 Å². The molecule has 24 heavy (non-hydrogen) atoms. The summed E-state index contributed by atoms with van der Waals surface area (Å²) >= 11 is 11.8. The van der Waals surface area contributed by atoms with Crippen molar-refractivity contribution in [3.8, 4) is 5.75 Å². The highest BCUT2D eigenvalue weighted by Gasteiger charge is 2.18. The summed E-state index contributed by atoms with van der Waals surface area (Å²) in [5.41, 5.74) is 5.60. The summed E-state index contributed by atoms with van der Waals surface area (Å²) in [5.74, 6) is 0.423. The number of hydrazone groups is 1. The van der Waals surface area contributed by atoms with Crippen LogP contribution in [0.3, 0.4) is 0 Å². The monoisotopic (exact) mass is 366 g/mol. The van der Waals surface area contributed by atoms with Crippen LogP contribution in [0.15, 0.2) is 47.1 Å². The highest BCUT2D eigenvalue weighted by molar-refractivity contribution is 6.35. The first-order valence-electron chi connectivity index (χ1n) is 7.62. The summed E-state index contributed by atoms with van der Waals surface area (Å²) in [4.78, 5) is 11.9. The fraction of sp³-hybridized carbons (Fsp3) is 0.333. The zero-order valence-electron chi connectivity index (χ0n) is 13.7. The third-order valence-corrected chi connectivity index (χ3v) is 4.40. The van der Waals surface area contributed by atoms with Gasteiger partial charge in [-0.3, -0.25) is 4.79 Å². The molecule has 0 fully saturated rings. The van der Waals surface area contributed by atoms with Gasteiger partial charge in [0.1, 0.15) is 5.75 Å². The van der Waals surface area contributed by atoms with E-state index in [-0.39, 0.29) is 12.5 Å². The molecule has 128 valence electrons. The van der Waals surface area contributed by atoms with Crippen LogP contribution in [-0.2, 0) is 4.79 Å². The Morgan fingerprint density at radius 2 is 2.21 bits per heavy atom. The molecule has 0 spiro atoms. The fourth-order valence-corrected chi connectivity index (χ4v) is 2.78. The molecule has 6 heteroatoms. The van der Waals surface area contributed by atoms with E-state index in [0.717, 1.165) is 29.7 Å². The molecule has 0 saturated heterocycles. The molecule has 0 unspecified atom stereocenters. The van der Waals surface area contributed by atoms with Gasteiger partial charge in [0.05, 0.1) is 10.7 Å². The second kappa shape index (κ2) is 8.36. The van der Waals surface area contributed by atoms with Gasteiger partial charge in [0.2, 0.25) is 0 Å². The largest absolute Gasteiger partial charge is 0.482 e. The van der Waals surface area contributed by atoms with Crippen molar-refractivity contribution in [3.05, 3.63) is 52.0 Å². The number of halogens is 2. The maximum absolute atomic E-state index is 11.9. The second-order valence-electron chi connectivity index (χ2n) is 5.83. The summed E-state index contributed by atoms with van der Waals surface area (Å²) in [6, 6.07) is 4.83. The number of ether oxygens (including phenoxy) is 1. The van der Waals surface area contributed by atoms with Crippen molar-refractivity contribution in [2.24, 2.45) is 11.0 Å². The van der Waals surface area contributed by atoms with Crippen LogP contribution >= 0.6 is 23.2 Å². The molecular weight excluding hydrogens is 347 g/mol. The van der Waals surface area contributed by atoms with Crippen molar-refractivity contribution in [2.45, 2.75) is 26.7 Å². The van der Waals surface area contributed by atoms with Gasteiger partial charge in [0.15, 0.2) is 6.61 Å². The Hall–Kier alpha value is -1.78. The zero-order valence-corrected chi connectivity index (χ0v) is 15.2. The predicted octanol–water partition coefficient (Wildman–Crippen LogP) is 4.78. The molecule has 0 aliphatic heterocycles. The maximum Gasteiger partial charge on any atom is 0.277 e. The van der Waals surface area contributed by atoms with Gasteiger partial charge < -0.3 is 4.74 Å². The van der Waals surface area contributed by atoms with Crippen LogP contribution in [0.4, 0.5) is 0 Å². The van der Waals surface area contributed by atoms with Gasteiger partial charge in [-0.1, -0.05) is 41.4 Å². The lowest BCUT2D eigenvalue weighted by Crippen LogP contribution is -2.27. The summed E-state index contributed by atoms with van der Waals surface area (Å²) in [5, 5.41) is 5.09. The number of nitrogens with zero attached hydrogens (tertiary/aromatic N) is 1. The van der Waals surface area contributed by atoms with Crippen LogP contribution in [-0.4, -0.2) is 18.2 Å². The van der Waals surface area contributed by atoms with Crippen molar-refractivity contribution < 1.29 is 9.53 Å². The number of nitrogens with one attached hydrogen (secondary N) is 1. The third-order valence-electron chi connectivity index (χ3n) is 3.87. The number of carbonyl (C=O) groups is 1. The third kappa shape index (κ3) is 5.11. The molecule has 0 saturated carbocycles. The van der Waals surface area contributed by atoms with Gasteiger partial charge in [-0.05, 0) is 56.4 Å². The smallest absolute Gasteiger partial charge is 0.277 e. The normalized spacial score (nSPS) is 18.9. The summed E-state index contributed by atoms with van der Waals surface area (Å²) in [6.45, 7) is 7.82. The Balaban J connectivity index is 1.91. The van der Waals surface area contributed by atoms with Crippen LogP contribution in [0.25, 0.3) is 0 Å². The standard InChI is InChI=1S/C18H20Cl2N2O2/c1-11(2)13-5-4-12(3)16(8-13)21-22-18(23)10-24-17-7-6-14(19)9-15(17)20/h4,6-7,9,13H,1,5,8,10H2,2-3H3,(H,22,23)/b21-16-/t13-/m0/s1. The Bertz CT molecular complexity index is 711. The average Bonchev–Trinajstić information content (AvgIpc) is 2.53. The molecule has 2 rings (SSSR count). The lowest BCUT2D eigenvalue weighted by atomic mass is 9.85. The Kier molecular flexibility index (Phi) is 6.46. The lowest BCUT2D eigenvalue weighted by molar-refractivity contribution is -0.123. The van der Waals surface area contributed by atoms with E-state index < -0.39 is 0 Å². The van der Waals surface area contributed by atoms with Gasteiger partial charge in [0.25, 0.3) is 5.91 Å². The lowest BCUT2D eigenvalue weighted by Gasteiger charge is -2.22. The summed E-state index contributed by atoms with van der Waals surface area (Å²) in [7, 11) is 0. The van der Waals surface area contributed by atoms with E-state index in [9.17, 15) is 4.79 Å². The van der Waals surface area contributed by atoms with Gasteiger partial charge in [-0.2, -0.15) is 5.10 Å². The van der Waals surface area contributed by atoms with Gasteiger partial charge in [-0.15, -0.1) is 0 Å². The highest BCUT2D eigenvalue weighted by atomic mass is 35.5. The van der Waals surface area contributed by atoms with Crippen molar-refractivity contribution in [1.29, 1.82) is 0 Å². The predicted molar refractivity (Wildman–Crippen MR) is 98.8 cm³/mol. The van der Waals surface area contributed by atoms with E-state index in [2.05, 4.69) is 23.2 Å². The first kappa shape index (κ1) is 18.6. The molecule has 1 atom stereocenters. The molecule has 1 N–H and O–H groups in total. The van der Waals surface area contributed by atoms with Gasteiger partial charge >= 0.3 is 0 Å². The SMILES string of the molecule is C=C(C)[C@H]1CC=C(C)/C(=N\NC(=O)COc2ccc(Cl)cc2Cl)C1. The maximum atomic E-state index is 11.9. The molecule has 0 heterocycles. The molecule has 1 aromatic rings. The van der Waals surface area contributed by atoms with Crippen molar-refractivity contribution in [1.82, 2.24) is 5.43 Å². The quantitative estimate of drug-likeness (QED) is 0.602. The molecule has 0 radical (unpaired) electrons. The van der Waals surface area contributed by atoms with Crippen LogP contribution in [0, 0.1) is 5.92 Å². The van der Waals surface area contributed by atoms with Gasteiger partial charge in [0, 0.05) is 5.02 Å². The molecule has 0 aromatic heterocycles. The number of hydrogen-bond donors (Lipinski definition) is 1. The minimum atomic E-state index is -0.348. The number of amides is 1. The van der Waals surface area contributed by atoms with Crippen LogP contribution in [0.5, 0.6) is 5.75 Å². The molecule has 0 bridgehead atoms. The number of allylic oxidation sites excluding steroid dienone is 3. The van der Waals surface area contributed by atoms with Crippen LogP contribution < -0.4 is 10.2 Å². The molecule has 4 nitrogen and oxygen atoms in total.